The Morgan fingerprint density at radius 1 is 1.42 bits per heavy atom. The summed E-state index contributed by atoms with van der Waals surface area (Å²) in [5.74, 6) is -0.602. The van der Waals surface area contributed by atoms with Crippen molar-refractivity contribution < 1.29 is 18.0 Å². The van der Waals surface area contributed by atoms with Crippen LogP contribution in [0.3, 0.4) is 0 Å². The summed E-state index contributed by atoms with van der Waals surface area (Å²) in [5.41, 5.74) is 0.790. The molecule has 4 nitrogen and oxygen atoms in total. The summed E-state index contributed by atoms with van der Waals surface area (Å²) in [6, 6.07) is 6.40. The van der Waals surface area contributed by atoms with E-state index in [1.54, 1.807) is 0 Å². The van der Waals surface area contributed by atoms with E-state index in [4.69, 9.17) is 5.26 Å². The lowest BCUT2D eigenvalue weighted by Gasteiger charge is -2.10. The van der Waals surface area contributed by atoms with Crippen molar-refractivity contribution in [3.05, 3.63) is 28.2 Å². The summed E-state index contributed by atoms with van der Waals surface area (Å²) in [6.45, 7) is -1.68. The largest absolute Gasteiger partial charge is 0.401 e. The van der Waals surface area contributed by atoms with E-state index in [2.05, 4.69) is 21.2 Å². The number of hydrogen-bond acceptors (Lipinski definition) is 3. The maximum atomic E-state index is 11.8. The number of anilines is 1. The lowest BCUT2D eigenvalue weighted by atomic mass is 10.2. The summed E-state index contributed by atoms with van der Waals surface area (Å²) in [4.78, 5) is 11.4. The topological polar surface area (TPSA) is 64.9 Å². The third-order valence-electron chi connectivity index (χ3n) is 1.98. The Kier molecular flexibility index (Phi) is 5.32. The molecule has 0 unspecified atom stereocenters. The summed E-state index contributed by atoms with van der Waals surface area (Å²) >= 11 is 3.15. The molecule has 0 aliphatic carbocycles. The minimum absolute atomic E-state index is 0.387. The molecule has 0 saturated heterocycles. The number of nitriles is 1. The quantitative estimate of drug-likeness (QED) is 0.888. The van der Waals surface area contributed by atoms with Gasteiger partial charge in [-0.1, -0.05) is 0 Å². The van der Waals surface area contributed by atoms with Crippen molar-refractivity contribution in [2.24, 2.45) is 0 Å². The van der Waals surface area contributed by atoms with Crippen molar-refractivity contribution in [2.75, 3.05) is 18.4 Å². The Labute approximate surface area is 115 Å². The Morgan fingerprint density at radius 3 is 2.63 bits per heavy atom. The summed E-state index contributed by atoms with van der Waals surface area (Å²) in [7, 11) is 0. The molecule has 0 fully saturated rings. The van der Waals surface area contributed by atoms with Crippen LogP contribution in [0, 0.1) is 11.3 Å². The first-order valence-electron chi connectivity index (χ1n) is 5.09. The molecule has 0 heterocycles. The molecule has 0 aliphatic heterocycles. The average molecular weight is 336 g/mol. The van der Waals surface area contributed by atoms with E-state index in [9.17, 15) is 18.0 Å². The Morgan fingerprint density at radius 2 is 2.11 bits per heavy atom. The first-order valence-corrected chi connectivity index (χ1v) is 5.88. The number of benzene rings is 1. The highest BCUT2D eigenvalue weighted by atomic mass is 79.9. The van der Waals surface area contributed by atoms with Crippen molar-refractivity contribution in [3.63, 3.8) is 0 Å². The normalized spacial score (nSPS) is 10.9. The van der Waals surface area contributed by atoms with Crippen LogP contribution in [0.4, 0.5) is 18.9 Å². The highest BCUT2D eigenvalue weighted by Crippen LogP contribution is 2.23. The van der Waals surface area contributed by atoms with Crippen LogP contribution in [0.25, 0.3) is 0 Å². The van der Waals surface area contributed by atoms with Gasteiger partial charge in [0.15, 0.2) is 0 Å². The fraction of sp³-hybridized carbons (Fsp3) is 0.273. The molecule has 1 aromatic rings. The number of carbonyl (C=O) groups excluding carboxylic acids is 1. The van der Waals surface area contributed by atoms with Crippen molar-refractivity contribution >= 4 is 27.5 Å². The Balaban J connectivity index is 2.51. The number of rotatable bonds is 4. The van der Waals surface area contributed by atoms with Crippen molar-refractivity contribution in [1.29, 1.82) is 5.26 Å². The zero-order chi connectivity index (χ0) is 14.5. The first-order chi connectivity index (χ1) is 8.81. The molecule has 1 aromatic carbocycles. The number of nitrogens with one attached hydrogen (secondary N) is 2. The molecule has 0 spiro atoms. The summed E-state index contributed by atoms with van der Waals surface area (Å²) < 4.78 is 36.0. The van der Waals surface area contributed by atoms with Crippen LogP contribution in [0.1, 0.15) is 5.56 Å². The number of carbonyl (C=O) groups is 1. The summed E-state index contributed by atoms with van der Waals surface area (Å²) in [6.07, 6.45) is -4.35. The van der Waals surface area contributed by atoms with Gasteiger partial charge in [-0.3, -0.25) is 4.79 Å². The van der Waals surface area contributed by atoms with Gasteiger partial charge in [-0.15, -0.1) is 0 Å². The molecule has 0 bridgehead atoms. The molecule has 0 aliphatic rings. The van der Waals surface area contributed by atoms with E-state index < -0.39 is 25.2 Å². The molecule has 0 saturated carbocycles. The molecular weight excluding hydrogens is 327 g/mol. The van der Waals surface area contributed by atoms with Gasteiger partial charge in [-0.25, -0.2) is 0 Å². The predicted octanol–water partition coefficient (Wildman–Crippen LogP) is 2.41. The van der Waals surface area contributed by atoms with E-state index in [1.165, 1.54) is 18.2 Å². The average Bonchev–Trinajstić information content (AvgIpc) is 2.30. The van der Waals surface area contributed by atoms with Gasteiger partial charge in [0, 0.05) is 4.47 Å². The number of nitrogens with zero attached hydrogens (tertiary/aromatic N) is 1. The molecular formula is C11H9BrF3N3O. The van der Waals surface area contributed by atoms with E-state index >= 15 is 0 Å². The number of halogens is 4. The predicted molar refractivity (Wildman–Crippen MR) is 66.4 cm³/mol. The monoisotopic (exact) mass is 335 g/mol. The fourth-order valence-electron chi connectivity index (χ4n) is 1.20. The highest BCUT2D eigenvalue weighted by Gasteiger charge is 2.26. The molecule has 2 N–H and O–H groups in total. The van der Waals surface area contributed by atoms with Crippen molar-refractivity contribution in [3.8, 4) is 6.07 Å². The smallest absolute Gasteiger partial charge is 0.324 e. The van der Waals surface area contributed by atoms with Crippen molar-refractivity contribution in [1.82, 2.24) is 5.32 Å². The SMILES string of the molecule is N#Cc1ccc(NC(=O)CNCC(F)(F)F)c(Br)c1. The zero-order valence-electron chi connectivity index (χ0n) is 9.51. The van der Waals surface area contributed by atoms with Gasteiger partial charge in [0.25, 0.3) is 0 Å². The molecule has 8 heteroatoms. The third-order valence-corrected chi connectivity index (χ3v) is 2.64. The van der Waals surface area contributed by atoms with E-state index in [0.717, 1.165) is 0 Å². The second kappa shape index (κ2) is 6.54. The van der Waals surface area contributed by atoms with Gasteiger partial charge in [-0.05, 0) is 34.1 Å². The first kappa shape index (κ1) is 15.5. The van der Waals surface area contributed by atoms with Gasteiger partial charge in [0.2, 0.25) is 5.91 Å². The van der Waals surface area contributed by atoms with Gasteiger partial charge < -0.3 is 10.6 Å². The second-order valence-corrected chi connectivity index (χ2v) is 4.43. The van der Waals surface area contributed by atoms with E-state index in [0.29, 0.717) is 15.7 Å². The fourth-order valence-corrected chi connectivity index (χ4v) is 1.68. The molecule has 0 radical (unpaired) electrons. The van der Waals surface area contributed by atoms with Crippen LogP contribution in [-0.2, 0) is 4.79 Å². The lowest BCUT2D eigenvalue weighted by Crippen LogP contribution is -2.35. The van der Waals surface area contributed by atoms with Crippen LogP contribution in [-0.4, -0.2) is 25.2 Å². The van der Waals surface area contributed by atoms with Gasteiger partial charge >= 0.3 is 6.18 Å². The van der Waals surface area contributed by atoms with Gasteiger partial charge in [0.05, 0.1) is 30.4 Å². The zero-order valence-corrected chi connectivity index (χ0v) is 11.1. The molecule has 102 valence electrons. The second-order valence-electron chi connectivity index (χ2n) is 3.57. The maximum absolute atomic E-state index is 11.8. The molecule has 0 aromatic heterocycles. The Bertz CT molecular complexity index is 511. The van der Waals surface area contributed by atoms with Crippen LogP contribution in [0.5, 0.6) is 0 Å². The Hall–Kier alpha value is -1.59. The van der Waals surface area contributed by atoms with E-state index in [1.807, 2.05) is 11.4 Å². The lowest BCUT2D eigenvalue weighted by molar-refractivity contribution is -0.126. The number of amides is 1. The molecule has 19 heavy (non-hydrogen) atoms. The minimum Gasteiger partial charge on any atom is -0.324 e. The van der Waals surface area contributed by atoms with Gasteiger partial charge in [-0.2, -0.15) is 18.4 Å². The van der Waals surface area contributed by atoms with Crippen LogP contribution < -0.4 is 10.6 Å². The molecule has 1 rings (SSSR count). The van der Waals surface area contributed by atoms with Crippen LogP contribution >= 0.6 is 15.9 Å². The number of hydrogen-bond donors (Lipinski definition) is 2. The third kappa shape index (κ3) is 5.72. The molecule has 0 atom stereocenters. The van der Waals surface area contributed by atoms with Gasteiger partial charge in [0.1, 0.15) is 0 Å². The summed E-state index contributed by atoms with van der Waals surface area (Å²) in [5, 5.41) is 13.1. The number of alkyl halides is 3. The van der Waals surface area contributed by atoms with E-state index in [-0.39, 0.29) is 0 Å². The van der Waals surface area contributed by atoms with Crippen LogP contribution in [0.15, 0.2) is 22.7 Å². The minimum atomic E-state index is -4.35. The van der Waals surface area contributed by atoms with Crippen LogP contribution in [0.2, 0.25) is 0 Å². The standard InChI is InChI=1S/C11H9BrF3N3O/c12-8-3-7(4-16)1-2-9(8)18-10(19)5-17-6-11(13,14)15/h1-3,17H,5-6H2,(H,18,19). The molecule has 1 amide bonds. The van der Waals surface area contributed by atoms with Crippen molar-refractivity contribution in [2.45, 2.75) is 6.18 Å². The highest BCUT2D eigenvalue weighted by molar-refractivity contribution is 9.10. The maximum Gasteiger partial charge on any atom is 0.401 e.